The maximum atomic E-state index is 6.23. The second-order valence-corrected chi connectivity index (χ2v) is 5.75. The van der Waals surface area contributed by atoms with Gasteiger partial charge in [-0.05, 0) is 30.7 Å². The van der Waals surface area contributed by atoms with E-state index in [0.717, 1.165) is 5.56 Å². The molecule has 6 heteroatoms. The maximum absolute atomic E-state index is 6.23. The summed E-state index contributed by atoms with van der Waals surface area (Å²) in [6, 6.07) is 5.20. The van der Waals surface area contributed by atoms with Crippen molar-refractivity contribution in [2.75, 3.05) is 11.5 Å². The minimum atomic E-state index is 0.204. The molecular formula is C13H10Cl4N2. The summed E-state index contributed by atoms with van der Waals surface area (Å²) in [5.41, 5.74) is 14.3. The molecule has 0 aliphatic carbocycles. The van der Waals surface area contributed by atoms with Gasteiger partial charge in [-0.1, -0.05) is 46.4 Å². The van der Waals surface area contributed by atoms with Gasteiger partial charge in [-0.2, -0.15) is 0 Å². The molecule has 0 amide bonds. The predicted molar refractivity (Wildman–Crippen MR) is 85.5 cm³/mol. The van der Waals surface area contributed by atoms with Crippen molar-refractivity contribution in [3.8, 4) is 11.1 Å². The summed E-state index contributed by atoms with van der Waals surface area (Å²) in [7, 11) is 0. The first kappa shape index (κ1) is 14.6. The lowest BCUT2D eigenvalue weighted by Gasteiger charge is -2.14. The molecule has 0 heterocycles. The third-order valence-corrected chi connectivity index (χ3v) is 4.06. The monoisotopic (exact) mass is 334 g/mol. The molecule has 100 valence electrons. The van der Waals surface area contributed by atoms with Crippen molar-refractivity contribution in [3.63, 3.8) is 0 Å². The van der Waals surface area contributed by atoms with E-state index in [1.165, 1.54) is 0 Å². The molecule has 0 saturated carbocycles. The predicted octanol–water partition coefficient (Wildman–Crippen LogP) is 5.44. The van der Waals surface area contributed by atoms with E-state index >= 15 is 0 Å². The Bertz CT molecular complexity index is 645. The number of aryl methyl sites for hydroxylation is 1. The number of nitrogens with two attached hydrogens (primary N) is 2. The van der Waals surface area contributed by atoms with Gasteiger partial charge in [-0.3, -0.25) is 0 Å². The summed E-state index contributed by atoms with van der Waals surface area (Å²) in [6.45, 7) is 1.90. The van der Waals surface area contributed by atoms with Crippen molar-refractivity contribution < 1.29 is 0 Å². The molecule has 0 saturated heterocycles. The number of halogens is 4. The average Bonchev–Trinajstić information content (AvgIpc) is 2.31. The highest BCUT2D eigenvalue weighted by Gasteiger charge is 2.17. The van der Waals surface area contributed by atoms with Crippen molar-refractivity contribution in [1.29, 1.82) is 0 Å². The summed E-state index contributed by atoms with van der Waals surface area (Å²) in [4.78, 5) is 0. The van der Waals surface area contributed by atoms with Gasteiger partial charge in [0.2, 0.25) is 0 Å². The van der Waals surface area contributed by atoms with Gasteiger partial charge in [0, 0.05) is 11.1 Å². The highest BCUT2D eigenvalue weighted by Crippen LogP contribution is 2.45. The zero-order chi connectivity index (χ0) is 14.3. The number of benzene rings is 2. The normalized spacial score (nSPS) is 10.8. The van der Waals surface area contributed by atoms with Gasteiger partial charge < -0.3 is 11.5 Å². The molecule has 2 rings (SSSR count). The summed E-state index contributed by atoms with van der Waals surface area (Å²) in [5.74, 6) is 0. The van der Waals surface area contributed by atoms with E-state index in [4.69, 9.17) is 57.9 Å². The van der Waals surface area contributed by atoms with Crippen molar-refractivity contribution in [3.05, 3.63) is 43.9 Å². The molecule has 0 radical (unpaired) electrons. The topological polar surface area (TPSA) is 52.0 Å². The molecule has 0 aliphatic heterocycles. The summed E-state index contributed by atoms with van der Waals surface area (Å²) in [5, 5.41) is 1.47. The van der Waals surface area contributed by atoms with Gasteiger partial charge in [0.25, 0.3) is 0 Å². The highest BCUT2D eigenvalue weighted by molar-refractivity contribution is 6.43. The van der Waals surface area contributed by atoms with Gasteiger partial charge in [-0.25, -0.2) is 0 Å². The Kier molecular flexibility index (Phi) is 4.07. The van der Waals surface area contributed by atoms with Gasteiger partial charge in [0.05, 0.1) is 31.5 Å². The molecule has 2 aromatic carbocycles. The Hall–Kier alpha value is -0.800. The van der Waals surface area contributed by atoms with Crippen LogP contribution >= 0.6 is 46.4 Å². The lowest BCUT2D eigenvalue weighted by Crippen LogP contribution is -1.98. The fraction of sp³-hybridized carbons (Fsp3) is 0.0769. The zero-order valence-electron chi connectivity index (χ0n) is 9.90. The zero-order valence-corrected chi connectivity index (χ0v) is 12.9. The van der Waals surface area contributed by atoms with Crippen LogP contribution in [-0.2, 0) is 0 Å². The van der Waals surface area contributed by atoms with E-state index in [9.17, 15) is 0 Å². The summed E-state index contributed by atoms with van der Waals surface area (Å²) >= 11 is 24.5. The number of nitrogen functional groups attached to an aromatic ring is 2. The van der Waals surface area contributed by atoms with E-state index in [1.54, 1.807) is 18.2 Å². The van der Waals surface area contributed by atoms with E-state index in [0.29, 0.717) is 31.9 Å². The Morgan fingerprint density at radius 2 is 1.32 bits per heavy atom. The van der Waals surface area contributed by atoms with Gasteiger partial charge in [-0.15, -0.1) is 0 Å². The smallest absolute Gasteiger partial charge is 0.0886 e. The molecule has 0 spiro atoms. The second kappa shape index (κ2) is 5.29. The third-order valence-electron chi connectivity index (χ3n) is 2.75. The molecule has 2 aromatic rings. The minimum absolute atomic E-state index is 0.204. The molecule has 0 atom stereocenters. The maximum Gasteiger partial charge on any atom is 0.0886 e. The first-order valence-corrected chi connectivity index (χ1v) is 6.83. The third kappa shape index (κ3) is 2.59. The van der Waals surface area contributed by atoms with Crippen LogP contribution in [0.3, 0.4) is 0 Å². The first-order valence-electron chi connectivity index (χ1n) is 5.32. The Morgan fingerprint density at radius 1 is 0.789 bits per heavy atom. The molecule has 0 aliphatic rings. The standard InChI is InChI=1S/C13H10Cl4N2/c1-5-2-7(14)10(8(15)3-5)6-4-9(16)13(19)11(17)12(6)18/h2-4H,18-19H2,1H3. The van der Waals surface area contributed by atoms with Crippen molar-refractivity contribution >= 4 is 57.8 Å². The molecule has 19 heavy (non-hydrogen) atoms. The van der Waals surface area contributed by atoms with Crippen molar-refractivity contribution in [2.24, 2.45) is 0 Å². The summed E-state index contributed by atoms with van der Waals surface area (Å²) < 4.78 is 0. The van der Waals surface area contributed by atoms with Crippen molar-refractivity contribution in [1.82, 2.24) is 0 Å². The molecule has 0 unspecified atom stereocenters. The number of hydrogen-bond acceptors (Lipinski definition) is 2. The van der Waals surface area contributed by atoms with Crippen LogP contribution in [-0.4, -0.2) is 0 Å². The molecule has 0 aromatic heterocycles. The Labute approximate surface area is 131 Å². The first-order chi connectivity index (χ1) is 8.82. The van der Waals surface area contributed by atoms with Crippen LogP contribution in [0.15, 0.2) is 18.2 Å². The summed E-state index contributed by atoms with van der Waals surface area (Å²) in [6.07, 6.45) is 0. The largest absolute Gasteiger partial charge is 0.397 e. The van der Waals surface area contributed by atoms with Gasteiger partial charge in [0.15, 0.2) is 0 Å². The minimum Gasteiger partial charge on any atom is -0.397 e. The highest BCUT2D eigenvalue weighted by atomic mass is 35.5. The van der Waals surface area contributed by atoms with Crippen LogP contribution in [0.4, 0.5) is 11.4 Å². The fourth-order valence-corrected chi connectivity index (χ4v) is 3.07. The van der Waals surface area contributed by atoms with E-state index in [-0.39, 0.29) is 10.7 Å². The number of hydrogen-bond donors (Lipinski definition) is 2. The molecule has 2 nitrogen and oxygen atoms in total. The molecule has 4 N–H and O–H groups in total. The SMILES string of the molecule is Cc1cc(Cl)c(-c2cc(Cl)c(N)c(Cl)c2N)c(Cl)c1. The van der Waals surface area contributed by atoms with Crippen LogP contribution in [0.25, 0.3) is 11.1 Å². The number of anilines is 2. The fourth-order valence-electron chi connectivity index (χ4n) is 1.81. The van der Waals surface area contributed by atoms with Crippen LogP contribution in [0, 0.1) is 6.92 Å². The van der Waals surface area contributed by atoms with Gasteiger partial charge in [0.1, 0.15) is 0 Å². The van der Waals surface area contributed by atoms with Crippen LogP contribution in [0.1, 0.15) is 5.56 Å². The van der Waals surface area contributed by atoms with E-state index in [2.05, 4.69) is 0 Å². The van der Waals surface area contributed by atoms with Crippen LogP contribution in [0.2, 0.25) is 20.1 Å². The average molecular weight is 336 g/mol. The quantitative estimate of drug-likeness (QED) is 0.681. The molecule has 0 fully saturated rings. The Morgan fingerprint density at radius 3 is 1.84 bits per heavy atom. The second-order valence-electron chi connectivity index (χ2n) is 4.15. The lowest BCUT2D eigenvalue weighted by molar-refractivity contribution is 1.47. The molecular weight excluding hydrogens is 326 g/mol. The molecule has 0 bridgehead atoms. The van der Waals surface area contributed by atoms with Crippen LogP contribution in [0.5, 0.6) is 0 Å². The Balaban J connectivity index is 2.80. The number of rotatable bonds is 1. The van der Waals surface area contributed by atoms with Crippen LogP contribution < -0.4 is 11.5 Å². The lowest BCUT2D eigenvalue weighted by atomic mass is 10.0. The van der Waals surface area contributed by atoms with Crippen molar-refractivity contribution in [2.45, 2.75) is 6.92 Å². The van der Waals surface area contributed by atoms with E-state index in [1.807, 2.05) is 6.92 Å². The van der Waals surface area contributed by atoms with Gasteiger partial charge >= 0.3 is 0 Å². The van der Waals surface area contributed by atoms with E-state index < -0.39 is 0 Å².